The molecule has 0 radical (unpaired) electrons. The maximum atomic E-state index is 14.3. The largest absolute Gasteiger partial charge is 0.459 e. The number of terminal acetylenes is 1. The van der Waals surface area contributed by atoms with Crippen molar-refractivity contribution in [3.8, 4) is 24.2 Å². The van der Waals surface area contributed by atoms with Crippen molar-refractivity contribution in [2.75, 3.05) is 6.79 Å². The van der Waals surface area contributed by atoms with E-state index >= 15 is 0 Å². The summed E-state index contributed by atoms with van der Waals surface area (Å²) in [6, 6.07) is 8.84. The van der Waals surface area contributed by atoms with E-state index in [2.05, 4.69) is 22.5 Å². The van der Waals surface area contributed by atoms with Crippen molar-refractivity contribution in [2.45, 2.75) is 33.3 Å². The summed E-state index contributed by atoms with van der Waals surface area (Å²) in [5.41, 5.74) is 1.66. The van der Waals surface area contributed by atoms with Crippen LogP contribution in [0.1, 0.15) is 53.4 Å². The molecule has 0 fully saturated rings. The predicted octanol–water partition coefficient (Wildman–Crippen LogP) is 3.38. The number of benzene rings is 2. The van der Waals surface area contributed by atoms with Crippen LogP contribution in [0.3, 0.4) is 0 Å². The minimum Gasteiger partial charge on any atom is -0.459 e. The van der Waals surface area contributed by atoms with Gasteiger partial charge < -0.3 is 14.2 Å². The summed E-state index contributed by atoms with van der Waals surface area (Å²) in [5, 5.41) is 0. The molecular formula is C25H21FO6. The molecule has 0 aliphatic heterocycles. The normalized spacial score (nSPS) is 9.88. The molecule has 0 N–H and O–H groups in total. The van der Waals surface area contributed by atoms with Gasteiger partial charge in [0.25, 0.3) is 0 Å². The smallest absolute Gasteiger partial charge is 0.338 e. The summed E-state index contributed by atoms with van der Waals surface area (Å²) in [5.74, 6) is 5.63. The lowest BCUT2D eigenvalue weighted by Gasteiger charge is -2.08. The molecule has 0 unspecified atom stereocenters. The van der Waals surface area contributed by atoms with Gasteiger partial charge in [-0.05, 0) is 49.7 Å². The van der Waals surface area contributed by atoms with Gasteiger partial charge in [0.1, 0.15) is 5.82 Å². The Balaban J connectivity index is 2.16. The summed E-state index contributed by atoms with van der Waals surface area (Å²) < 4.78 is 28.7. The fourth-order valence-corrected chi connectivity index (χ4v) is 2.48. The molecule has 2 aromatic carbocycles. The fourth-order valence-electron chi connectivity index (χ4n) is 2.48. The Hall–Kier alpha value is -4.10. The van der Waals surface area contributed by atoms with Crippen molar-refractivity contribution in [3.63, 3.8) is 0 Å². The average Bonchev–Trinajstić information content (AvgIpc) is 2.73. The standard InChI is InChI=1S/C25H21FO6/c1-5-18-10-20(12-22(11-18)25(29)32-16(2)3)7-6-19-8-9-21(23(26)13-19)14-24(28)31-15-30-17(4)27/h1,8-13,16H,14-15H2,2-4H3. The van der Waals surface area contributed by atoms with Crippen LogP contribution in [0.4, 0.5) is 4.39 Å². The van der Waals surface area contributed by atoms with Gasteiger partial charge in [-0.25, -0.2) is 9.18 Å². The predicted molar refractivity (Wildman–Crippen MR) is 114 cm³/mol. The maximum absolute atomic E-state index is 14.3. The van der Waals surface area contributed by atoms with Crippen molar-refractivity contribution >= 4 is 17.9 Å². The van der Waals surface area contributed by atoms with Gasteiger partial charge in [0, 0.05) is 23.6 Å². The minimum atomic E-state index is -0.740. The highest BCUT2D eigenvalue weighted by molar-refractivity contribution is 5.90. The quantitative estimate of drug-likeness (QED) is 0.393. The van der Waals surface area contributed by atoms with E-state index in [1.807, 2.05) is 0 Å². The summed E-state index contributed by atoms with van der Waals surface area (Å²) in [7, 11) is 0. The van der Waals surface area contributed by atoms with Crippen molar-refractivity contribution in [2.24, 2.45) is 0 Å². The Bertz CT molecular complexity index is 1130. The molecule has 0 bridgehead atoms. The van der Waals surface area contributed by atoms with Gasteiger partial charge in [-0.3, -0.25) is 9.59 Å². The molecule has 0 spiro atoms. The number of esters is 3. The van der Waals surface area contributed by atoms with Gasteiger partial charge in [-0.1, -0.05) is 23.8 Å². The molecule has 0 heterocycles. The van der Waals surface area contributed by atoms with E-state index in [1.165, 1.54) is 25.1 Å². The van der Waals surface area contributed by atoms with E-state index in [4.69, 9.17) is 15.9 Å². The second-order valence-electron chi connectivity index (χ2n) is 6.90. The summed E-state index contributed by atoms with van der Waals surface area (Å²) in [6.07, 6.45) is 4.84. The molecule has 0 aliphatic rings. The lowest BCUT2D eigenvalue weighted by molar-refractivity contribution is -0.165. The van der Waals surface area contributed by atoms with Crippen molar-refractivity contribution in [3.05, 3.63) is 70.0 Å². The number of halogens is 1. The molecule has 0 aliphatic carbocycles. The van der Waals surface area contributed by atoms with Gasteiger partial charge in [-0.2, -0.15) is 0 Å². The Morgan fingerprint density at radius 3 is 2.31 bits per heavy atom. The van der Waals surface area contributed by atoms with E-state index < -0.39 is 30.5 Å². The monoisotopic (exact) mass is 436 g/mol. The molecular weight excluding hydrogens is 415 g/mol. The Labute approximate surface area is 185 Å². The van der Waals surface area contributed by atoms with Crippen LogP contribution >= 0.6 is 0 Å². The zero-order valence-electron chi connectivity index (χ0n) is 17.9. The third-order valence-corrected chi connectivity index (χ3v) is 3.90. The zero-order chi connectivity index (χ0) is 23.7. The van der Waals surface area contributed by atoms with Gasteiger partial charge in [0.15, 0.2) is 0 Å². The lowest BCUT2D eigenvalue weighted by atomic mass is 10.0. The highest BCUT2D eigenvalue weighted by atomic mass is 19.1. The minimum absolute atomic E-state index is 0.108. The second kappa shape index (κ2) is 11.3. The first-order valence-corrected chi connectivity index (χ1v) is 9.60. The Morgan fingerprint density at radius 2 is 1.69 bits per heavy atom. The molecule has 0 saturated carbocycles. The molecule has 0 atom stereocenters. The molecule has 164 valence electrons. The number of rotatable bonds is 6. The molecule has 2 rings (SSSR count). The number of carbonyl (C=O) groups is 3. The number of hydrogen-bond donors (Lipinski definition) is 0. The number of hydrogen-bond acceptors (Lipinski definition) is 6. The van der Waals surface area contributed by atoms with Gasteiger partial charge >= 0.3 is 17.9 Å². The molecule has 0 saturated heterocycles. The highest BCUT2D eigenvalue weighted by Crippen LogP contribution is 2.14. The van der Waals surface area contributed by atoms with E-state index in [9.17, 15) is 18.8 Å². The van der Waals surface area contributed by atoms with Crippen LogP contribution in [0.2, 0.25) is 0 Å². The summed E-state index contributed by atoms with van der Waals surface area (Å²) in [4.78, 5) is 34.5. The van der Waals surface area contributed by atoms with E-state index in [1.54, 1.807) is 32.0 Å². The Kier molecular flexibility index (Phi) is 8.56. The average molecular weight is 436 g/mol. The summed E-state index contributed by atoms with van der Waals surface area (Å²) in [6.45, 7) is 4.12. The first kappa shape index (κ1) is 24.2. The molecule has 2 aromatic rings. The van der Waals surface area contributed by atoms with Gasteiger partial charge in [0.2, 0.25) is 6.79 Å². The number of ether oxygens (including phenoxy) is 3. The van der Waals surface area contributed by atoms with Crippen LogP contribution in [0.5, 0.6) is 0 Å². The molecule has 7 heteroatoms. The first-order valence-electron chi connectivity index (χ1n) is 9.60. The molecule has 32 heavy (non-hydrogen) atoms. The van der Waals surface area contributed by atoms with Crippen molar-refractivity contribution < 1.29 is 33.0 Å². The van der Waals surface area contributed by atoms with E-state index in [0.717, 1.165) is 0 Å². The second-order valence-corrected chi connectivity index (χ2v) is 6.90. The van der Waals surface area contributed by atoms with Crippen LogP contribution in [0, 0.1) is 30.0 Å². The lowest BCUT2D eigenvalue weighted by Crippen LogP contribution is -2.13. The van der Waals surface area contributed by atoms with Crippen LogP contribution in [-0.2, 0) is 30.2 Å². The maximum Gasteiger partial charge on any atom is 0.338 e. The van der Waals surface area contributed by atoms with Crippen LogP contribution in [0.25, 0.3) is 0 Å². The molecule has 0 amide bonds. The molecule has 0 aromatic heterocycles. The third-order valence-electron chi connectivity index (χ3n) is 3.90. The van der Waals surface area contributed by atoms with Crippen molar-refractivity contribution in [1.82, 2.24) is 0 Å². The van der Waals surface area contributed by atoms with Gasteiger partial charge in [0.05, 0.1) is 18.1 Å². The SMILES string of the molecule is C#Cc1cc(C#Cc2ccc(CC(=O)OCOC(C)=O)c(F)c2)cc(C(=O)OC(C)C)c1. The number of carbonyl (C=O) groups excluding carboxylic acids is 3. The van der Waals surface area contributed by atoms with Crippen LogP contribution in [0.15, 0.2) is 36.4 Å². The first-order chi connectivity index (χ1) is 15.2. The summed E-state index contributed by atoms with van der Waals surface area (Å²) >= 11 is 0. The van der Waals surface area contributed by atoms with Crippen LogP contribution in [-0.4, -0.2) is 30.8 Å². The zero-order valence-corrected chi connectivity index (χ0v) is 17.9. The fraction of sp³-hybridized carbons (Fsp3) is 0.240. The topological polar surface area (TPSA) is 78.9 Å². The van der Waals surface area contributed by atoms with Crippen LogP contribution < -0.4 is 0 Å². The molecule has 6 nitrogen and oxygen atoms in total. The highest BCUT2D eigenvalue weighted by Gasteiger charge is 2.12. The van der Waals surface area contributed by atoms with Gasteiger partial charge in [-0.15, -0.1) is 6.42 Å². The van der Waals surface area contributed by atoms with E-state index in [-0.39, 0.29) is 23.7 Å². The van der Waals surface area contributed by atoms with Crippen molar-refractivity contribution in [1.29, 1.82) is 0 Å². The third kappa shape index (κ3) is 7.62. The Morgan fingerprint density at radius 1 is 1.00 bits per heavy atom. The van der Waals surface area contributed by atoms with E-state index in [0.29, 0.717) is 16.7 Å².